The summed E-state index contributed by atoms with van der Waals surface area (Å²) >= 11 is 0. The topological polar surface area (TPSA) is 106 Å². The van der Waals surface area contributed by atoms with Gasteiger partial charge in [-0.2, -0.15) is 0 Å². The van der Waals surface area contributed by atoms with Crippen molar-refractivity contribution >= 4 is 17.8 Å². The van der Waals surface area contributed by atoms with Crippen LogP contribution in [0.25, 0.3) is 0 Å². The summed E-state index contributed by atoms with van der Waals surface area (Å²) < 4.78 is 11.5. The second-order valence-electron chi connectivity index (χ2n) is 10.9. The highest BCUT2D eigenvalue weighted by molar-refractivity contribution is 5.99. The molecule has 0 saturated heterocycles. The molecule has 0 bridgehead atoms. The summed E-state index contributed by atoms with van der Waals surface area (Å²) in [7, 11) is 1.65. The van der Waals surface area contributed by atoms with Gasteiger partial charge in [0.2, 0.25) is 11.8 Å². The molecule has 1 saturated carbocycles. The number of hydrogen-bond donors (Lipinski definition) is 2. The van der Waals surface area contributed by atoms with Crippen molar-refractivity contribution in [1.29, 1.82) is 0 Å². The van der Waals surface area contributed by atoms with E-state index in [0.29, 0.717) is 25.9 Å². The van der Waals surface area contributed by atoms with Crippen molar-refractivity contribution in [3.8, 4) is 5.75 Å². The summed E-state index contributed by atoms with van der Waals surface area (Å²) in [4.78, 5) is 33.1. The summed E-state index contributed by atoms with van der Waals surface area (Å²) in [5.74, 6) is 0.968. The van der Waals surface area contributed by atoms with Crippen LogP contribution in [-0.4, -0.2) is 53.6 Å². The molecule has 1 aromatic rings. The van der Waals surface area contributed by atoms with E-state index in [4.69, 9.17) is 20.2 Å². The van der Waals surface area contributed by atoms with Crippen molar-refractivity contribution in [2.75, 3.05) is 13.7 Å². The molecule has 35 heavy (non-hydrogen) atoms. The molecule has 8 nitrogen and oxygen atoms in total. The predicted octanol–water partition coefficient (Wildman–Crippen LogP) is 3.55. The van der Waals surface area contributed by atoms with Crippen LogP contribution in [0.1, 0.15) is 77.8 Å². The first-order chi connectivity index (χ1) is 16.6. The van der Waals surface area contributed by atoms with E-state index in [9.17, 15) is 9.59 Å². The molecule has 1 aliphatic carbocycles. The molecule has 4 rings (SSSR count). The van der Waals surface area contributed by atoms with Crippen molar-refractivity contribution in [3.05, 3.63) is 29.8 Å². The second kappa shape index (κ2) is 9.80. The Hall–Kier alpha value is -2.61. The largest absolute Gasteiger partial charge is 0.487 e. The Bertz CT molecular complexity index is 987. The van der Waals surface area contributed by atoms with E-state index >= 15 is 0 Å². The van der Waals surface area contributed by atoms with Crippen LogP contribution in [-0.2, 0) is 14.3 Å². The van der Waals surface area contributed by atoms with Gasteiger partial charge in [0.25, 0.3) is 0 Å². The number of aliphatic imine (C=N–C) groups is 1. The Labute approximate surface area is 208 Å². The molecule has 1 aromatic carbocycles. The Kier molecular flexibility index (Phi) is 7.13. The molecule has 8 heteroatoms. The van der Waals surface area contributed by atoms with Gasteiger partial charge in [-0.3, -0.25) is 14.5 Å². The van der Waals surface area contributed by atoms with E-state index in [1.165, 1.54) is 0 Å². The highest BCUT2D eigenvalue weighted by atomic mass is 16.5. The molecule has 2 amide bonds. The first-order valence-corrected chi connectivity index (χ1v) is 12.9. The molecule has 2 aliphatic heterocycles. The van der Waals surface area contributed by atoms with E-state index in [1.807, 2.05) is 52.0 Å². The maximum atomic E-state index is 13.4. The van der Waals surface area contributed by atoms with Gasteiger partial charge in [0.05, 0.1) is 18.0 Å². The van der Waals surface area contributed by atoms with Crippen molar-refractivity contribution in [3.63, 3.8) is 0 Å². The molecule has 3 aliphatic rings. The van der Waals surface area contributed by atoms with Gasteiger partial charge in [-0.05, 0) is 51.5 Å². The first-order valence-electron chi connectivity index (χ1n) is 12.9. The van der Waals surface area contributed by atoms with Crippen LogP contribution < -0.4 is 15.8 Å². The molecule has 1 fully saturated rings. The third kappa shape index (κ3) is 5.17. The lowest BCUT2D eigenvalue weighted by Crippen LogP contribution is -2.56. The highest BCUT2D eigenvalue weighted by Gasteiger charge is 2.53. The third-order valence-corrected chi connectivity index (χ3v) is 7.98. The quantitative estimate of drug-likeness (QED) is 0.558. The molecule has 0 radical (unpaired) electrons. The van der Waals surface area contributed by atoms with E-state index in [-0.39, 0.29) is 47.3 Å². The minimum absolute atomic E-state index is 0.00605. The van der Waals surface area contributed by atoms with Gasteiger partial charge in [-0.25, -0.2) is 4.99 Å². The fourth-order valence-corrected chi connectivity index (χ4v) is 5.77. The lowest BCUT2D eigenvalue weighted by Gasteiger charge is -2.40. The monoisotopic (exact) mass is 484 g/mol. The van der Waals surface area contributed by atoms with Crippen LogP contribution in [0.15, 0.2) is 29.3 Å². The van der Waals surface area contributed by atoms with Crippen LogP contribution in [0.5, 0.6) is 5.75 Å². The minimum Gasteiger partial charge on any atom is -0.487 e. The van der Waals surface area contributed by atoms with Crippen molar-refractivity contribution in [1.82, 2.24) is 10.2 Å². The molecule has 0 aromatic heterocycles. The number of hydrogen-bond acceptors (Lipinski definition) is 6. The summed E-state index contributed by atoms with van der Waals surface area (Å²) in [6.45, 7) is 8.66. The minimum atomic E-state index is -0.424. The molecular formula is C27H40N4O4. The molecule has 3 N–H and O–H groups in total. The number of benzene rings is 1. The van der Waals surface area contributed by atoms with Crippen LogP contribution in [0, 0.1) is 11.8 Å². The SMILES string of the molecule is CCC1(CC)CC(=O)N([C@H](CCOC)[C@H]2C[C@@H]2C(=O)N[C@@H]2CC(C)(C)Oc3ccccc32)C(N)=N1. The Morgan fingerprint density at radius 2 is 2.03 bits per heavy atom. The average molecular weight is 485 g/mol. The lowest BCUT2D eigenvalue weighted by atomic mass is 9.87. The number of methoxy groups -OCH3 is 1. The number of rotatable bonds is 9. The molecular weight excluding hydrogens is 444 g/mol. The molecule has 2 heterocycles. The fourth-order valence-electron chi connectivity index (χ4n) is 5.77. The number of nitrogens with two attached hydrogens (primary N) is 1. The summed E-state index contributed by atoms with van der Waals surface area (Å²) in [5.41, 5.74) is 6.60. The molecule has 4 atom stereocenters. The van der Waals surface area contributed by atoms with Crippen LogP contribution in [0.2, 0.25) is 0 Å². The predicted molar refractivity (Wildman–Crippen MR) is 135 cm³/mol. The Morgan fingerprint density at radius 1 is 1.31 bits per heavy atom. The summed E-state index contributed by atoms with van der Waals surface area (Å²) in [6.07, 6.45) is 3.92. The fraction of sp³-hybridized carbons (Fsp3) is 0.667. The van der Waals surface area contributed by atoms with E-state index in [2.05, 4.69) is 5.32 Å². The van der Waals surface area contributed by atoms with Crippen LogP contribution in [0.4, 0.5) is 0 Å². The van der Waals surface area contributed by atoms with Crippen molar-refractivity contribution < 1.29 is 19.1 Å². The third-order valence-electron chi connectivity index (χ3n) is 7.98. The van der Waals surface area contributed by atoms with Gasteiger partial charge in [-0.15, -0.1) is 0 Å². The first kappa shape index (κ1) is 25.5. The van der Waals surface area contributed by atoms with E-state index < -0.39 is 5.54 Å². The normalized spacial score (nSPS) is 27.3. The lowest BCUT2D eigenvalue weighted by molar-refractivity contribution is -0.133. The average Bonchev–Trinajstić information content (AvgIpc) is 3.60. The zero-order valence-corrected chi connectivity index (χ0v) is 21.7. The maximum absolute atomic E-state index is 13.4. The van der Waals surface area contributed by atoms with Crippen LogP contribution in [0.3, 0.4) is 0 Å². The number of ether oxygens (including phenoxy) is 2. The molecule has 192 valence electrons. The molecule has 0 unspecified atom stereocenters. The van der Waals surface area contributed by atoms with E-state index in [1.54, 1.807) is 12.0 Å². The van der Waals surface area contributed by atoms with Crippen molar-refractivity contribution in [2.24, 2.45) is 22.6 Å². The van der Waals surface area contributed by atoms with Gasteiger partial charge in [0.15, 0.2) is 5.96 Å². The van der Waals surface area contributed by atoms with Gasteiger partial charge in [0.1, 0.15) is 11.4 Å². The van der Waals surface area contributed by atoms with Crippen LogP contribution >= 0.6 is 0 Å². The van der Waals surface area contributed by atoms with Gasteiger partial charge < -0.3 is 20.5 Å². The number of para-hydroxylation sites is 1. The highest BCUT2D eigenvalue weighted by Crippen LogP contribution is 2.47. The standard InChI is InChI=1S/C27H40N4O4/c1-6-27(7-2)16-23(32)31(25(28)30-27)21(12-13-34-5)18-14-19(18)24(33)29-20-15-26(3,4)35-22-11-9-8-10-17(20)22/h8-11,18-21H,6-7,12-16H2,1-5H3,(H2,28,30)(H,29,33)/t18-,19-,20+,21+/m0/s1. The van der Waals surface area contributed by atoms with Gasteiger partial charge >= 0.3 is 0 Å². The summed E-state index contributed by atoms with van der Waals surface area (Å²) in [5, 5.41) is 3.28. The number of amides is 2. The summed E-state index contributed by atoms with van der Waals surface area (Å²) in [6, 6.07) is 7.57. The second-order valence-corrected chi connectivity index (χ2v) is 10.9. The zero-order chi connectivity index (χ0) is 25.4. The number of nitrogens with one attached hydrogen (secondary N) is 1. The number of carbonyl (C=O) groups is 2. The van der Waals surface area contributed by atoms with E-state index in [0.717, 1.165) is 30.6 Å². The van der Waals surface area contributed by atoms with Gasteiger partial charge in [-0.1, -0.05) is 32.0 Å². The number of guanidine groups is 1. The number of carbonyl (C=O) groups excluding carboxylic acids is 2. The molecule has 0 spiro atoms. The Balaban J connectivity index is 1.50. The zero-order valence-electron chi connectivity index (χ0n) is 21.7. The Morgan fingerprint density at radius 3 is 2.69 bits per heavy atom. The number of fused-ring (bicyclic) bond motifs is 1. The maximum Gasteiger partial charge on any atom is 0.231 e. The number of nitrogens with zero attached hydrogens (tertiary/aromatic N) is 2. The smallest absolute Gasteiger partial charge is 0.231 e. The van der Waals surface area contributed by atoms with Crippen molar-refractivity contribution in [2.45, 2.75) is 89.4 Å². The van der Waals surface area contributed by atoms with Gasteiger partial charge in [0, 0.05) is 37.7 Å².